The molecule has 0 amide bonds. The Hall–Kier alpha value is -0.0400. The average Bonchev–Trinajstić information content (AvgIpc) is 2.00. The van der Waals surface area contributed by atoms with Crippen molar-refractivity contribution in [1.82, 2.24) is 0 Å². The fourth-order valence-electron chi connectivity index (χ4n) is 1.15. The third kappa shape index (κ3) is 3.24. The molecule has 1 heteroatoms. The largest absolute Gasteiger partial charge is 0.378 e. The molecule has 0 radical (unpaired) electrons. The van der Waals surface area contributed by atoms with E-state index in [1.54, 1.807) is 0 Å². The molecule has 0 N–H and O–H groups in total. The van der Waals surface area contributed by atoms with Gasteiger partial charge in [-0.3, -0.25) is 0 Å². The third-order valence-electron chi connectivity index (χ3n) is 2.71. The summed E-state index contributed by atoms with van der Waals surface area (Å²) in [5.74, 6) is 0.610. The van der Waals surface area contributed by atoms with Crippen LogP contribution in [0.4, 0.5) is 0 Å². The Morgan fingerprint density at radius 1 is 1.36 bits per heavy atom. The molecule has 0 saturated heterocycles. The summed E-state index contributed by atoms with van der Waals surface area (Å²) in [6, 6.07) is 0. The zero-order valence-electron chi connectivity index (χ0n) is 8.61. The topological polar surface area (TPSA) is 9.23 Å². The Morgan fingerprint density at radius 2 is 1.91 bits per heavy atom. The highest BCUT2D eigenvalue weighted by molar-refractivity contribution is 4.77. The number of hydrogen-bond acceptors (Lipinski definition) is 1. The second kappa shape index (κ2) is 4.76. The predicted molar refractivity (Wildman–Crippen MR) is 49.8 cm³/mol. The average molecular weight is 158 g/mol. The summed E-state index contributed by atoms with van der Waals surface area (Å²) < 4.78 is 5.50. The normalized spacial score (nSPS) is 16.9. The minimum absolute atomic E-state index is 0.0933. The number of methoxy groups -OCH3 is 1. The maximum absolute atomic E-state index is 5.50. The van der Waals surface area contributed by atoms with Gasteiger partial charge < -0.3 is 4.74 Å². The number of rotatable bonds is 5. The quantitative estimate of drug-likeness (QED) is 0.597. The molecule has 1 atom stereocenters. The van der Waals surface area contributed by atoms with E-state index in [1.165, 1.54) is 19.3 Å². The van der Waals surface area contributed by atoms with E-state index in [2.05, 4.69) is 27.7 Å². The first-order chi connectivity index (χ1) is 5.06. The Morgan fingerprint density at radius 3 is 2.18 bits per heavy atom. The van der Waals surface area contributed by atoms with Crippen LogP contribution in [0, 0.1) is 5.92 Å². The first kappa shape index (κ1) is 11.0. The van der Waals surface area contributed by atoms with Crippen molar-refractivity contribution in [2.24, 2.45) is 5.92 Å². The van der Waals surface area contributed by atoms with Gasteiger partial charge in [-0.1, -0.05) is 33.6 Å². The lowest BCUT2D eigenvalue weighted by Gasteiger charge is -2.32. The number of hydrogen-bond donors (Lipinski definition) is 0. The van der Waals surface area contributed by atoms with Crippen LogP contribution in [0.3, 0.4) is 0 Å². The molecule has 1 unspecified atom stereocenters. The number of unbranched alkanes of at least 4 members (excludes halogenated alkanes) is 1. The van der Waals surface area contributed by atoms with E-state index in [0.29, 0.717) is 5.92 Å². The van der Waals surface area contributed by atoms with Crippen LogP contribution in [0.5, 0.6) is 0 Å². The second-order valence-electron chi connectivity index (χ2n) is 3.78. The molecule has 68 valence electrons. The minimum Gasteiger partial charge on any atom is -0.378 e. The summed E-state index contributed by atoms with van der Waals surface area (Å²) in [6.45, 7) is 8.86. The van der Waals surface area contributed by atoms with Gasteiger partial charge in [0.15, 0.2) is 0 Å². The van der Waals surface area contributed by atoms with Gasteiger partial charge in [-0.25, -0.2) is 0 Å². The lowest BCUT2D eigenvalue weighted by Crippen LogP contribution is -2.33. The Balaban J connectivity index is 3.88. The van der Waals surface area contributed by atoms with Gasteiger partial charge in [-0.15, -0.1) is 0 Å². The van der Waals surface area contributed by atoms with Crippen molar-refractivity contribution in [3.8, 4) is 0 Å². The van der Waals surface area contributed by atoms with E-state index in [9.17, 15) is 0 Å². The molecule has 0 heterocycles. The lowest BCUT2D eigenvalue weighted by molar-refractivity contribution is -0.0400. The molecular weight excluding hydrogens is 136 g/mol. The maximum atomic E-state index is 5.50. The van der Waals surface area contributed by atoms with Crippen molar-refractivity contribution in [1.29, 1.82) is 0 Å². The zero-order chi connectivity index (χ0) is 8.91. The van der Waals surface area contributed by atoms with Gasteiger partial charge in [-0.2, -0.15) is 0 Å². The molecule has 0 fully saturated rings. The standard InChI is InChI=1S/C10H22O/c1-6-7-8-10(4,11-5)9(2)3/h9H,6-8H2,1-5H3. The van der Waals surface area contributed by atoms with E-state index in [-0.39, 0.29) is 5.60 Å². The first-order valence-electron chi connectivity index (χ1n) is 4.62. The van der Waals surface area contributed by atoms with E-state index in [4.69, 9.17) is 4.74 Å². The summed E-state index contributed by atoms with van der Waals surface area (Å²) >= 11 is 0. The molecule has 0 aromatic rings. The molecule has 0 rings (SSSR count). The van der Waals surface area contributed by atoms with Gasteiger partial charge in [-0.05, 0) is 19.3 Å². The van der Waals surface area contributed by atoms with Crippen molar-refractivity contribution in [2.75, 3.05) is 7.11 Å². The van der Waals surface area contributed by atoms with Crippen molar-refractivity contribution < 1.29 is 4.74 Å². The fourth-order valence-corrected chi connectivity index (χ4v) is 1.15. The summed E-state index contributed by atoms with van der Waals surface area (Å²) in [5, 5.41) is 0. The third-order valence-corrected chi connectivity index (χ3v) is 2.71. The van der Waals surface area contributed by atoms with E-state index < -0.39 is 0 Å². The lowest BCUT2D eigenvalue weighted by atomic mass is 9.87. The van der Waals surface area contributed by atoms with Crippen LogP contribution in [0.15, 0.2) is 0 Å². The van der Waals surface area contributed by atoms with Crippen LogP contribution >= 0.6 is 0 Å². The molecule has 0 spiro atoms. The first-order valence-corrected chi connectivity index (χ1v) is 4.62. The van der Waals surface area contributed by atoms with Gasteiger partial charge in [0.25, 0.3) is 0 Å². The molecule has 0 bridgehead atoms. The highest BCUT2D eigenvalue weighted by atomic mass is 16.5. The Bertz CT molecular complexity index is 99.0. The summed E-state index contributed by atoms with van der Waals surface area (Å²) in [4.78, 5) is 0. The van der Waals surface area contributed by atoms with Crippen LogP contribution in [-0.4, -0.2) is 12.7 Å². The van der Waals surface area contributed by atoms with E-state index in [0.717, 1.165) is 0 Å². The monoisotopic (exact) mass is 158 g/mol. The zero-order valence-corrected chi connectivity index (χ0v) is 8.61. The fraction of sp³-hybridized carbons (Fsp3) is 1.00. The molecule has 1 nitrogen and oxygen atoms in total. The Labute approximate surface area is 71.1 Å². The summed E-state index contributed by atoms with van der Waals surface area (Å²) in [7, 11) is 1.82. The summed E-state index contributed by atoms with van der Waals surface area (Å²) in [6.07, 6.45) is 3.70. The van der Waals surface area contributed by atoms with Crippen LogP contribution in [0.2, 0.25) is 0 Å². The van der Waals surface area contributed by atoms with Crippen molar-refractivity contribution in [2.45, 2.75) is 52.6 Å². The van der Waals surface area contributed by atoms with Gasteiger partial charge in [0.1, 0.15) is 0 Å². The molecule has 0 aliphatic heterocycles. The van der Waals surface area contributed by atoms with Crippen molar-refractivity contribution >= 4 is 0 Å². The van der Waals surface area contributed by atoms with Crippen LogP contribution in [0.25, 0.3) is 0 Å². The highest BCUT2D eigenvalue weighted by Crippen LogP contribution is 2.26. The molecule has 0 aliphatic rings. The SMILES string of the molecule is CCCCC(C)(OC)C(C)C. The van der Waals surface area contributed by atoms with Crippen molar-refractivity contribution in [3.05, 3.63) is 0 Å². The van der Waals surface area contributed by atoms with Crippen LogP contribution in [-0.2, 0) is 4.74 Å². The van der Waals surface area contributed by atoms with Gasteiger partial charge in [0.05, 0.1) is 5.60 Å². The smallest absolute Gasteiger partial charge is 0.0673 e. The van der Waals surface area contributed by atoms with Crippen LogP contribution in [0.1, 0.15) is 47.0 Å². The summed E-state index contributed by atoms with van der Waals surface area (Å²) in [5.41, 5.74) is 0.0933. The van der Waals surface area contributed by atoms with Crippen molar-refractivity contribution in [3.63, 3.8) is 0 Å². The van der Waals surface area contributed by atoms with Crippen LogP contribution < -0.4 is 0 Å². The predicted octanol–water partition coefficient (Wildman–Crippen LogP) is 3.24. The van der Waals surface area contributed by atoms with Gasteiger partial charge >= 0.3 is 0 Å². The number of ether oxygens (including phenoxy) is 1. The molecule has 0 aromatic carbocycles. The molecule has 0 aliphatic carbocycles. The van der Waals surface area contributed by atoms with E-state index >= 15 is 0 Å². The van der Waals surface area contributed by atoms with E-state index in [1.807, 2.05) is 7.11 Å². The minimum atomic E-state index is 0.0933. The Kier molecular flexibility index (Phi) is 4.74. The molecule has 11 heavy (non-hydrogen) atoms. The van der Waals surface area contributed by atoms with Gasteiger partial charge in [0, 0.05) is 7.11 Å². The molecule has 0 aromatic heterocycles. The second-order valence-corrected chi connectivity index (χ2v) is 3.78. The highest BCUT2D eigenvalue weighted by Gasteiger charge is 2.26. The molecular formula is C10H22O. The van der Waals surface area contributed by atoms with Gasteiger partial charge in [0.2, 0.25) is 0 Å². The molecule has 0 saturated carbocycles. The maximum Gasteiger partial charge on any atom is 0.0673 e.